The zero-order valence-electron chi connectivity index (χ0n) is 8.83. The van der Waals surface area contributed by atoms with Crippen molar-refractivity contribution in [1.29, 1.82) is 0 Å². The molecule has 0 spiro atoms. The molecular formula is C11H15N3. The van der Waals surface area contributed by atoms with E-state index in [0.717, 1.165) is 12.5 Å². The Kier molecular flexibility index (Phi) is 2.15. The monoisotopic (exact) mass is 189 g/mol. The SMILES string of the molecule is CC1=CNC(n2c(C)ccc2C)=NC1. The summed E-state index contributed by atoms with van der Waals surface area (Å²) in [5.74, 6) is 0.926. The van der Waals surface area contributed by atoms with Gasteiger partial charge in [0.1, 0.15) is 0 Å². The smallest absolute Gasteiger partial charge is 0.207 e. The number of rotatable bonds is 0. The summed E-state index contributed by atoms with van der Waals surface area (Å²) in [6.45, 7) is 7.03. The molecule has 1 aromatic rings. The number of aromatic nitrogens is 1. The highest BCUT2D eigenvalue weighted by molar-refractivity contribution is 5.85. The number of aliphatic imine (C=N–C) groups is 1. The lowest BCUT2D eigenvalue weighted by Crippen LogP contribution is -2.31. The zero-order valence-corrected chi connectivity index (χ0v) is 8.83. The summed E-state index contributed by atoms with van der Waals surface area (Å²) in [5.41, 5.74) is 3.68. The van der Waals surface area contributed by atoms with Crippen molar-refractivity contribution in [3.8, 4) is 0 Å². The first-order valence-electron chi connectivity index (χ1n) is 4.80. The molecule has 0 saturated carbocycles. The molecule has 0 amide bonds. The maximum atomic E-state index is 4.47. The van der Waals surface area contributed by atoms with Crippen LogP contribution in [0.25, 0.3) is 0 Å². The Bertz CT molecular complexity index is 391. The Labute approximate surface area is 84.2 Å². The molecule has 0 saturated heterocycles. The van der Waals surface area contributed by atoms with E-state index in [4.69, 9.17) is 0 Å². The molecule has 2 rings (SSSR count). The summed E-state index contributed by atoms with van der Waals surface area (Å²) >= 11 is 0. The molecule has 1 aliphatic heterocycles. The first-order chi connectivity index (χ1) is 6.68. The highest BCUT2D eigenvalue weighted by Crippen LogP contribution is 2.08. The molecule has 0 radical (unpaired) electrons. The van der Waals surface area contributed by atoms with E-state index in [2.05, 4.69) is 47.8 Å². The molecule has 14 heavy (non-hydrogen) atoms. The third-order valence-electron chi connectivity index (χ3n) is 2.41. The lowest BCUT2D eigenvalue weighted by atomic mass is 10.3. The standard InChI is InChI=1S/C11H15N3/c1-8-6-12-11(13-7-8)14-9(2)4-5-10(14)3/h4-6H,7H2,1-3H3,(H,12,13). The van der Waals surface area contributed by atoms with Crippen LogP contribution in [0, 0.1) is 13.8 Å². The predicted molar refractivity (Wildman–Crippen MR) is 58.5 cm³/mol. The van der Waals surface area contributed by atoms with Crippen LogP contribution < -0.4 is 5.32 Å². The van der Waals surface area contributed by atoms with Crippen molar-refractivity contribution in [2.45, 2.75) is 20.8 Å². The van der Waals surface area contributed by atoms with Crippen LogP contribution in [0.1, 0.15) is 18.3 Å². The van der Waals surface area contributed by atoms with Crippen LogP contribution in [-0.2, 0) is 0 Å². The molecule has 3 nitrogen and oxygen atoms in total. The molecule has 1 aliphatic rings. The van der Waals surface area contributed by atoms with E-state index in [9.17, 15) is 0 Å². The van der Waals surface area contributed by atoms with Gasteiger partial charge in [-0.3, -0.25) is 4.57 Å². The Balaban J connectivity index is 2.33. The van der Waals surface area contributed by atoms with Gasteiger partial charge in [-0.25, -0.2) is 4.99 Å². The van der Waals surface area contributed by atoms with Crippen molar-refractivity contribution in [3.05, 3.63) is 35.3 Å². The van der Waals surface area contributed by atoms with Gasteiger partial charge in [-0.1, -0.05) is 0 Å². The van der Waals surface area contributed by atoms with E-state index >= 15 is 0 Å². The summed E-state index contributed by atoms with van der Waals surface area (Å²) in [6, 6.07) is 4.20. The molecule has 2 heterocycles. The summed E-state index contributed by atoms with van der Waals surface area (Å²) in [4.78, 5) is 4.47. The van der Waals surface area contributed by atoms with Crippen LogP contribution in [0.5, 0.6) is 0 Å². The molecular weight excluding hydrogens is 174 g/mol. The van der Waals surface area contributed by atoms with Crippen molar-refractivity contribution < 1.29 is 0 Å². The van der Waals surface area contributed by atoms with Crippen LogP contribution in [0.2, 0.25) is 0 Å². The summed E-state index contributed by atoms with van der Waals surface area (Å²) in [6.07, 6.45) is 2.02. The van der Waals surface area contributed by atoms with Gasteiger partial charge >= 0.3 is 0 Å². The topological polar surface area (TPSA) is 29.3 Å². The molecule has 0 atom stereocenters. The van der Waals surface area contributed by atoms with Gasteiger partial charge in [-0.15, -0.1) is 0 Å². The lowest BCUT2D eigenvalue weighted by molar-refractivity contribution is 0.910. The van der Waals surface area contributed by atoms with Crippen molar-refractivity contribution in [1.82, 2.24) is 9.88 Å². The van der Waals surface area contributed by atoms with Crippen molar-refractivity contribution in [2.75, 3.05) is 6.54 Å². The molecule has 1 N–H and O–H groups in total. The van der Waals surface area contributed by atoms with E-state index in [0.29, 0.717) is 0 Å². The minimum Gasteiger partial charge on any atom is -0.332 e. The molecule has 0 fully saturated rings. The van der Waals surface area contributed by atoms with Crippen LogP contribution in [0.15, 0.2) is 28.9 Å². The minimum atomic E-state index is 0.791. The van der Waals surface area contributed by atoms with Crippen LogP contribution in [0.4, 0.5) is 0 Å². The highest BCUT2D eigenvalue weighted by atomic mass is 15.2. The van der Waals surface area contributed by atoms with E-state index in [-0.39, 0.29) is 0 Å². The fraction of sp³-hybridized carbons (Fsp3) is 0.364. The van der Waals surface area contributed by atoms with E-state index in [1.807, 2.05) is 6.20 Å². The molecule has 0 unspecified atom stereocenters. The van der Waals surface area contributed by atoms with Gasteiger partial charge < -0.3 is 5.32 Å². The summed E-state index contributed by atoms with van der Waals surface area (Å²) in [5, 5.41) is 3.20. The van der Waals surface area contributed by atoms with Gasteiger partial charge in [0.15, 0.2) is 0 Å². The predicted octanol–water partition coefficient (Wildman–Crippen LogP) is 1.82. The maximum Gasteiger partial charge on any atom is 0.207 e. The molecule has 0 aromatic carbocycles. The average Bonchev–Trinajstić information content (AvgIpc) is 2.49. The molecule has 1 aromatic heterocycles. The van der Waals surface area contributed by atoms with Crippen LogP contribution >= 0.6 is 0 Å². The fourth-order valence-electron chi connectivity index (χ4n) is 1.62. The van der Waals surface area contributed by atoms with E-state index in [1.165, 1.54) is 17.0 Å². The van der Waals surface area contributed by atoms with Gasteiger partial charge in [-0.2, -0.15) is 0 Å². The lowest BCUT2D eigenvalue weighted by Gasteiger charge is -2.16. The number of aryl methyl sites for hydroxylation is 2. The molecule has 0 bridgehead atoms. The normalized spacial score (nSPS) is 15.9. The van der Waals surface area contributed by atoms with Gasteiger partial charge in [0.05, 0.1) is 6.54 Å². The van der Waals surface area contributed by atoms with Crippen molar-refractivity contribution in [3.63, 3.8) is 0 Å². The minimum absolute atomic E-state index is 0.791. The average molecular weight is 189 g/mol. The number of nitrogens with one attached hydrogen (secondary N) is 1. The summed E-state index contributed by atoms with van der Waals surface area (Å²) < 4.78 is 2.13. The zero-order chi connectivity index (χ0) is 10.1. The highest BCUT2D eigenvalue weighted by Gasteiger charge is 2.09. The number of nitrogens with zero attached hydrogens (tertiary/aromatic N) is 2. The van der Waals surface area contributed by atoms with Gasteiger partial charge in [-0.05, 0) is 38.5 Å². The Morgan fingerprint density at radius 2 is 1.86 bits per heavy atom. The van der Waals surface area contributed by atoms with E-state index in [1.54, 1.807) is 0 Å². The van der Waals surface area contributed by atoms with Gasteiger partial charge in [0, 0.05) is 17.6 Å². The van der Waals surface area contributed by atoms with Crippen molar-refractivity contribution >= 4 is 5.96 Å². The number of hydrogen-bond acceptors (Lipinski definition) is 2. The number of hydrogen-bond donors (Lipinski definition) is 1. The van der Waals surface area contributed by atoms with Gasteiger partial charge in [0.25, 0.3) is 0 Å². The molecule has 74 valence electrons. The second kappa shape index (κ2) is 3.33. The second-order valence-corrected chi connectivity index (χ2v) is 3.73. The quantitative estimate of drug-likeness (QED) is 0.662. The largest absolute Gasteiger partial charge is 0.332 e. The third kappa shape index (κ3) is 1.45. The maximum absolute atomic E-state index is 4.47. The first-order valence-corrected chi connectivity index (χ1v) is 4.80. The van der Waals surface area contributed by atoms with E-state index < -0.39 is 0 Å². The fourth-order valence-corrected chi connectivity index (χ4v) is 1.62. The Morgan fingerprint density at radius 3 is 2.36 bits per heavy atom. The van der Waals surface area contributed by atoms with Crippen LogP contribution in [-0.4, -0.2) is 17.1 Å². The third-order valence-corrected chi connectivity index (χ3v) is 2.41. The Morgan fingerprint density at radius 1 is 1.21 bits per heavy atom. The Hall–Kier alpha value is -1.51. The second-order valence-electron chi connectivity index (χ2n) is 3.73. The first kappa shape index (κ1) is 9.06. The van der Waals surface area contributed by atoms with Gasteiger partial charge in [0.2, 0.25) is 5.96 Å². The summed E-state index contributed by atoms with van der Waals surface area (Å²) in [7, 11) is 0. The van der Waals surface area contributed by atoms with Crippen LogP contribution in [0.3, 0.4) is 0 Å². The van der Waals surface area contributed by atoms with Crippen molar-refractivity contribution in [2.24, 2.45) is 4.99 Å². The molecule has 3 heteroatoms. The molecule has 0 aliphatic carbocycles.